The molecular weight excluding hydrogens is 170 g/mol. The number of nitrogens with zero attached hydrogens (tertiary/aromatic N) is 3. The molecule has 2 rings (SSSR count). The first kappa shape index (κ1) is 8.53. The van der Waals surface area contributed by atoms with Gasteiger partial charge in [0.2, 0.25) is 0 Å². The zero-order valence-electron chi connectivity index (χ0n) is 7.27. The Bertz CT molecular complexity index is 285. The molecule has 1 heterocycles. The molecule has 2 atom stereocenters. The Morgan fingerprint density at radius 2 is 2.38 bits per heavy atom. The molecule has 0 spiro atoms. The number of carbonyl (C=O) groups excluding carboxylic acids is 1. The molecule has 1 saturated carbocycles. The lowest BCUT2D eigenvalue weighted by Crippen LogP contribution is -2.24. The number of epoxide rings is 1. The smallest absolute Gasteiger partial charge is 0.253 e. The highest BCUT2D eigenvalue weighted by molar-refractivity contribution is 5.89. The van der Waals surface area contributed by atoms with Crippen molar-refractivity contribution in [2.75, 3.05) is 0 Å². The first-order chi connectivity index (χ1) is 6.29. The maximum atomic E-state index is 11.4. The van der Waals surface area contributed by atoms with Gasteiger partial charge < -0.3 is 4.74 Å². The summed E-state index contributed by atoms with van der Waals surface area (Å²) in [5.41, 5.74) is 7.43. The molecule has 0 aromatic rings. The van der Waals surface area contributed by atoms with Crippen molar-refractivity contribution in [3.05, 3.63) is 10.4 Å². The summed E-state index contributed by atoms with van der Waals surface area (Å²) in [5, 5.41) is 3.12. The summed E-state index contributed by atoms with van der Waals surface area (Å²) in [7, 11) is 0. The molecule has 2 aliphatic rings. The molecule has 5 nitrogen and oxygen atoms in total. The summed E-state index contributed by atoms with van der Waals surface area (Å²) in [4.78, 5) is 13.9. The Morgan fingerprint density at radius 3 is 3.15 bits per heavy atom. The Kier molecular flexibility index (Phi) is 1.98. The molecule has 0 aromatic heterocycles. The van der Waals surface area contributed by atoms with Gasteiger partial charge in [-0.25, -0.2) is 0 Å². The Morgan fingerprint density at radius 1 is 1.54 bits per heavy atom. The summed E-state index contributed by atoms with van der Waals surface area (Å²) < 4.78 is 5.35. The van der Waals surface area contributed by atoms with Crippen LogP contribution in [0.25, 0.3) is 10.4 Å². The molecule has 13 heavy (non-hydrogen) atoms. The van der Waals surface area contributed by atoms with Crippen LogP contribution in [0.15, 0.2) is 5.11 Å². The van der Waals surface area contributed by atoms with Crippen molar-refractivity contribution in [1.29, 1.82) is 0 Å². The Hall–Kier alpha value is -1.06. The van der Waals surface area contributed by atoms with Crippen LogP contribution >= 0.6 is 0 Å². The molecule has 1 saturated heterocycles. The standard InChI is InChI=1S/C8H11N3O2/c9-11-10-7(12)8-5-3-1-2-4-6(8)13-8/h6H,1-5H2. The average molecular weight is 181 g/mol. The highest BCUT2D eigenvalue weighted by atomic mass is 16.6. The van der Waals surface area contributed by atoms with E-state index in [-0.39, 0.29) is 6.10 Å². The fraction of sp³-hybridized carbons (Fsp3) is 0.875. The lowest BCUT2D eigenvalue weighted by Gasteiger charge is -2.04. The van der Waals surface area contributed by atoms with Crippen molar-refractivity contribution in [1.82, 2.24) is 0 Å². The first-order valence-electron chi connectivity index (χ1n) is 4.57. The minimum absolute atomic E-state index is 0.0213. The normalized spacial score (nSPS) is 36.8. The van der Waals surface area contributed by atoms with Gasteiger partial charge in [0.05, 0.1) is 6.10 Å². The topological polar surface area (TPSA) is 78.4 Å². The van der Waals surface area contributed by atoms with Gasteiger partial charge in [-0.3, -0.25) is 4.79 Å². The van der Waals surface area contributed by atoms with E-state index in [0.717, 1.165) is 32.1 Å². The maximum Gasteiger partial charge on any atom is 0.253 e. The fourth-order valence-corrected chi connectivity index (χ4v) is 2.05. The Balaban J connectivity index is 2.12. The summed E-state index contributed by atoms with van der Waals surface area (Å²) in [6.07, 6.45) is 4.90. The molecule has 5 heteroatoms. The predicted octanol–water partition coefficient (Wildman–Crippen LogP) is 1.93. The van der Waals surface area contributed by atoms with Gasteiger partial charge in [0.1, 0.15) is 0 Å². The van der Waals surface area contributed by atoms with Crippen LogP contribution in [0.5, 0.6) is 0 Å². The van der Waals surface area contributed by atoms with E-state index in [0.29, 0.717) is 0 Å². The van der Waals surface area contributed by atoms with Gasteiger partial charge in [-0.15, -0.1) is 0 Å². The zero-order valence-corrected chi connectivity index (χ0v) is 7.27. The molecule has 0 bridgehead atoms. The second-order valence-electron chi connectivity index (χ2n) is 3.59. The second kappa shape index (κ2) is 3.01. The van der Waals surface area contributed by atoms with Crippen LogP contribution < -0.4 is 0 Å². The third-order valence-corrected chi connectivity index (χ3v) is 2.83. The number of fused-ring (bicyclic) bond motifs is 1. The SMILES string of the molecule is [N-]=[N+]=NC(=O)C12CCCCCC1O2. The molecule has 0 N–H and O–H groups in total. The first-order valence-corrected chi connectivity index (χ1v) is 4.57. The highest BCUT2D eigenvalue weighted by Gasteiger charge is 2.61. The van der Waals surface area contributed by atoms with Crippen LogP contribution in [0.2, 0.25) is 0 Å². The molecule has 70 valence electrons. The molecule has 1 aliphatic heterocycles. The van der Waals surface area contributed by atoms with Crippen LogP contribution in [-0.2, 0) is 9.53 Å². The number of carbonyl (C=O) groups is 1. The van der Waals surface area contributed by atoms with Crippen molar-refractivity contribution >= 4 is 5.91 Å². The lowest BCUT2D eigenvalue weighted by atomic mass is 9.99. The van der Waals surface area contributed by atoms with E-state index in [1.807, 2.05) is 0 Å². The molecule has 1 aliphatic carbocycles. The van der Waals surface area contributed by atoms with Crippen LogP contribution in [0.1, 0.15) is 32.1 Å². The molecule has 1 amide bonds. The summed E-state index contributed by atoms with van der Waals surface area (Å²) in [6, 6.07) is 0. The van der Waals surface area contributed by atoms with E-state index in [9.17, 15) is 4.79 Å². The third kappa shape index (κ3) is 1.30. The van der Waals surface area contributed by atoms with Crippen molar-refractivity contribution in [2.45, 2.75) is 43.8 Å². The predicted molar refractivity (Wildman–Crippen MR) is 44.8 cm³/mol. The molecule has 0 aromatic carbocycles. The van der Waals surface area contributed by atoms with Gasteiger partial charge in [0.15, 0.2) is 5.60 Å². The third-order valence-electron chi connectivity index (χ3n) is 2.83. The number of azide groups is 1. The molecule has 2 unspecified atom stereocenters. The van der Waals surface area contributed by atoms with Crippen molar-refractivity contribution in [2.24, 2.45) is 5.11 Å². The molecule has 0 radical (unpaired) electrons. The van der Waals surface area contributed by atoms with Crippen LogP contribution in [0.4, 0.5) is 0 Å². The number of rotatable bonds is 1. The highest BCUT2D eigenvalue weighted by Crippen LogP contribution is 2.47. The fourth-order valence-electron chi connectivity index (χ4n) is 2.05. The number of amides is 1. The van der Waals surface area contributed by atoms with Crippen LogP contribution in [0, 0.1) is 0 Å². The average Bonchev–Trinajstić information content (AvgIpc) is 2.77. The monoisotopic (exact) mass is 181 g/mol. The van der Waals surface area contributed by atoms with Gasteiger partial charge in [-0.2, -0.15) is 0 Å². The van der Waals surface area contributed by atoms with E-state index in [1.54, 1.807) is 0 Å². The van der Waals surface area contributed by atoms with Crippen molar-refractivity contribution in [3.8, 4) is 0 Å². The zero-order chi connectivity index (χ0) is 9.31. The molecule has 2 fully saturated rings. The quantitative estimate of drug-likeness (QED) is 0.268. The van der Waals surface area contributed by atoms with Gasteiger partial charge in [-0.05, 0) is 23.5 Å². The van der Waals surface area contributed by atoms with Crippen molar-refractivity contribution in [3.63, 3.8) is 0 Å². The minimum atomic E-state index is -0.720. The number of ether oxygens (including phenoxy) is 1. The summed E-state index contributed by atoms with van der Waals surface area (Å²) in [6.45, 7) is 0. The lowest BCUT2D eigenvalue weighted by molar-refractivity contribution is -0.123. The van der Waals surface area contributed by atoms with Gasteiger partial charge in [-0.1, -0.05) is 19.3 Å². The summed E-state index contributed by atoms with van der Waals surface area (Å²) in [5.74, 6) is -0.429. The van der Waals surface area contributed by atoms with Gasteiger partial charge in [0, 0.05) is 4.91 Å². The van der Waals surface area contributed by atoms with E-state index in [2.05, 4.69) is 10.0 Å². The van der Waals surface area contributed by atoms with E-state index < -0.39 is 11.5 Å². The van der Waals surface area contributed by atoms with Crippen LogP contribution in [-0.4, -0.2) is 17.6 Å². The van der Waals surface area contributed by atoms with Gasteiger partial charge >= 0.3 is 0 Å². The minimum Gasteiger partial charge on any atom is -0.358 e. The second-order valence-corrected chi connectivity index (χ2v) is 3.59. The van der Waals surface area contributed by atoms with E-state index in [1.165, 1.54) is 0 Å². The number of hydrogen-bond donors (Lipinski definition) is 0. The maximum absolute atomic E-state index is 11.4. The van der Waals surface area contributed by atoms with E-state index >= 15 is 0 Å². The van der Waals surface area contributed by atoms with Gasteiger partial charge in [0.25, 0.3) is 5.91 Å². The Labute approximate surface area is 75.7 Å². The van der Waals surface area contributed by atoms with E-state index in [4.69, 9.17) is 10.3 Å². The summed E-state index contributed by atoms with van der Waals surface area (Å²) >= 11 is 0. The number of hydrogen-bond acceptors (Lipinski definition) is 2. The van der Waals surface area contributed by atoms with Crippen LogP contribution in [0.3, 0.4) is 0 Å². The van der Waals surface area contributed by atoms with Crippen molar-refractivity contribution < 1.29 is 9.53 Å². The molecular formula is C8H11N3O2. The largest absolute Gasteiger partial charge is 0.358 e.